The number of nitrogens with zero attached hydrogens (tertiary/aromatic N) is 1. The van der Waals surface area contributed by atoms with Crippen LogP contribution in [-0.2, 0) is 10.2 Å². The lowest BCUT2D eigenvalue weighted by Gasteiger charge is -2.30. The Morgan fingerprint density at radius 2 is 1.83 bits per heavy atom. The van der Waals surface area contributed by atoms with Crippen molar-refractivity contribution < 1.29 is 8.42 Å². The van der Waals surface area contributed by atoms with E-state index in [1.807, 2.05) is 6.07 Å². The first-order valence-corrected chi connectivity index (χ1v) is 7.59. The molecule has 1 heterocycles. The lowest BCUT2D eigenvalue weighted by atomic mass is 9.99. The van der Waals surface area contributed by atoms with Gasteiger partial charge in [0.2, 0.25) is 0 Å². The van der Waals surface area contributed by atoms with Gasteiger partial charge in [-0.1, -0.05) is 18.2 Å². The lowest BCUT2D eigenvalue weighted by Crippen LogP contribution is -2.42. The normalized spacial score (nSPS) is 18.7. The topological polar surface area (TPSA) is 75.4 Å². The fraction of sp³-hybridized carbons (Fsp3) is 0.500. The van der Waals surface area contributed by atoms with Crippen LogP contribution in [0.3, 0.4) is 0 Å². The Morgan fingerprint density at radius 3 is 2.39 bits per heavy atom. The number of nitrogens with two attached hydrogens (primary N) is 1. The Hall–Kier alpha value is -1.11. The van der Waals surface area contributed by atoms with Crippen LogP contribution in [0, 0.1) is 5.92 Å². The maximum Gasteiger partial charge on any atom is 0.301 e. The van der Waals surface area contributed by atoms with Crippen molar-refractivity contribution in [2.75, 3.05) is 24.4 Å². The number of para-hydroxylation sites is 1. The van der Waals surface area contributed by atoms with Crippen LogP contribution in [0.25, 0.3) is 0 Å². The van der Waals surface area contributed by atoms with Gasteiger partial charge in [-0.05, 0) is 37.4 Å². The summed E-state index contributed by atoms with van der Waals surface area (Å²) in [5, 5.41) is 0. The van der Waals surface area contributed by atoms with Crippen LogP contribution in [0.4, 0.5) is 5.69 Å². The minimum absolute atomic E-state index is 0.452. The summed E-state index contributed by atoms with van der Waals surface area (Å²) >= 11 is 0. The zero-order chi connectivity index (χ0) is 13.0. The van der Waals surface area contributed by atoms with E-state index in [1.165, 1.54) is 4.31 Å². The van der Waals surface area contributed by atoms with Gasteiger partial charge < -0.3 is 5.73 Å². The minimum atomic E-state index is -3.43. The SMILES string of the molecule is NCC1CCN(S(=O)(=O)Nc2ccccc2)CC1. The molecule has 0 aliphatic carbocycles. The highest BCUT2D eigenvalue weighted by Crippen LogP contribution is 2.19. The fourth-order valence-electron chi connectivity index (χ4n) is 2.11. The Balaban J connectivity index is 2.00. The van der Waals surface area contributed by atoms with Crippen molar-refractivity contribution in [1.29, 1.82) is 0 Å². The van der Waals surface area contributed by atoms with Crippen LogP contribution < -0.4 is 10.5 Å². The van der Waals surface area contributed by atoms with Crippen molar-refractivity contribution in [3.05, 3.63) is 30.3 Å². The summed E-state index contributed by atoms with van der Waals surface area (Å²) in [6.07, 6.45) is 1.68. The summed E-state index contributed by atoms with van der Waals surface area (Å²) in [6, 6.07) is 8.94. The molecule has 6 heteroatoms. The maximum absolute atomic E-state index is 12.1. The molecule has 1 aliphatic heterocycles. The highest BCUT2D eigenvalue weighted by Gasteiger charge is 2.27. The highest BCUT2D eigenvalue weighted by atomic mass is 32.2. The van der Waals surface area contributed by atoms with Gasteiger partial charge in [0.25, 0.3) is 0 Å². The predicted octanol–water partition coefficient (Wildman–Crippen LogP) is 1.01. The van der Waals surface area contributed by atoms with Crippen molar-refractivity contribution >= 4 is 15.9 Å². The highest BCUT2D eigenvalue weighted by molar-refractivity contribution is 7.90. The van der Waals surface area contributed by atoms with Crippen LogP contribution in [0.2, 0.25) is 0 Å². The van der Waals surface area contributed by atoms with Crippen molar-refractivity contribution in [3.63, 3.8) is 0 Å². The zero-order valence-electron chi connectivity index (χ0n) is 10.2. The molecule has 0 atom stereocenters. The van der Waals surface area contributed by atoms with Crippen LogP contribution in [0.1, 0.15) is 12.8 Å². The molecule has 0 amide bonds. The molecule has 1 aromatic carbocycles. The Bertz CT molecular complexity index is 467. The Morgan fingerprint density at radius 1 is 1.22 bits per heavy atom. The zero-order valence-corrected chi connectivity index (χ0v) is 11.1. The van der Waals surface area contributed by atoms with Gasteiger partial charge >= 0.3 is 10.2 Å². The van der Waals surface area contributed by atoms with Crippen LogP contribution in [0.5, 0.6) is 0 Å². The molecular weight excluding hydrogens is 250 g/mol. The summed E-state index contributed by atoms with van der Waals surface area (Å²) in [4.78, 5) is 0. The summed E-state index contributed by atoms with van der Waals surface area (Å²) in [5.74, 6) is 0.452. The lowest BCUT2D eigenvalue weighted by molar-refractivity contribution is 0.280. The van der Waals surface area contributed by atoms with E-state index in [0.717, 1.165) is 12.8 Å². The molecule has 100 valence electrons. The smallest absolute Gasteiger partial charge is 0.301 e. The number of piperidine rings is 1. The van der Waals surface area contributed by atoms with Gasteiger partial charge in [-0.15, -0.1) is 0 Å². The van der Waals surface area contributed by atoms with E-state index in [2.05, 4.69) is 4.72 Å². The third-order valence-electron chi connectivity index (χ3n) is 3.27. The quantitative estimate of drug-likeness (QED) is 0.856. The first-order valence-electron chi connectivity index (χ1n) is 6.15. The first kappa shape index (κ1) is 13.3. The average molecular weight is 269 g/mol. The van der Waals surface area contributed by atoms with Gasteiger partial charge in [-0.2, -0.15) is 12.7 Å². The van der Waals surface area contributed by atoms with Crippen molar-refractivity contribution in [3.8, 4) is 0 Å². The molecule has 18 heavy (non-hydrogen) atoms. The number of hydrogen-bond donors (Lipinski definition) is 2. The molecule has 3 N–H and O–H groups in total. The van der Waals surface area contributed by atoms with Crippen LogP contribution in [0.15, 0.2) is 30.3 Å². The van der Waals surface area contributed by atoms with Crippen molar-refractivity contribution in [2.45, 2.75) is 12.8 Å². The molecular formula is C12H19N3O2S. The van der Waals surface area contributed by atoms with Gasteiger partial charge in [-0.3, -0.25) is 4.72 Å². The monoisotopic (exact) mass is 269 g/mol. The first-order chi connectivity index (χ1) is 8.62. The van der Waals surface area contributed by atoms with E-state index in [9.17, 15) is 8.42 Å². The predicted molar refractivity (Wildman–Crippen MR) is 72.3 cm³/mol. The Kier molecular flexibility index (Phi) is 4.21. The number of rotatable bonds is 4. The van der Waals surface area contributed by atoms with Gasteiger partial charge in [0.15, 0.2) is 0 Å². The molecule has 1 saturated heterocycles. The Labute approximate surface area is 108 Å². The average Bonchev–Trinajstić information content (AvgIpc) is 2.39. The summed E-state index contributed by atoms with van der Waals surface area (Å²) < 4.78 is 28.3. The second-order valence-corrected chi connectivity index (χ2v) is 6.22. The van der Waals surface area contributed by atoms with E-state index >= 15 is 0 Å². The minimum Gasteiger partial charge on any atom is -0.330 e. The number of hydrogen-bond acceptors (Lipinski definition) is 3. The molecule has 0 spiro atoms. The molecule has 0 aromatic heterocycles. The largest absolute Gasteiger partial charge is 0.330 e. The maximum atomic E-state index is 12.1. The molecule has 0 unspecified atom stereocenters. The summed E-state index contributed by atoms with van der Waals surface area (Å²) in [6.45, 7) is 1.73. The molecule has 1 aliphatic rings. The molecule has 2 rings (SSSR count). The number of anilines is 1. The van der Waals surface area contributed by atoms with Gasteiger partial charge in [0.05, 0.1) is 0 Å². The van der Waals surface area contributed by atoms with Crippen molar-refractivity contribution in [2.24, 2.45) is 11.7 Å². The third kappa shape index (κ3) is 3.22. The van der Waals surface area contributed by atoms with Crippen LogP contribution >= 0.6 is 0 Å². The molecule has 0 bridgehead atoms. The van der Waals surface area contributed by atoms with Gasteiger partial charge in [0.1, 0.15) is 0 Å². The van der Waals surface area contributed by atoms with E-state index in [-0.39, 0.29) is 0 Å². The second-order valence-electron chi connectivity index (χ2n) is 4.55. The van der Waals surface area contributed by atoms with Crippen LogP contribution in [-0.4, -0.2) is 32.4 Å². The van der Waals surface area contributed by atoms with E-state index in [0.29, 0.717) is 31.2 Å². The summed E-state index contributed by atoms with van der Waals surface area (Å²) in [7, 11) is -3.43. The number of nitrogens with one attached hydrogen (secondary N) is 1. The summed E-state index contributed by atoms with van der Waals surface area (Å²) in [5.41, 5.74) is 6.19. The molecule has 0 saturated carbocycles. The molecule has 1 fully saturated rings. The van der Waals surface area contributed by atoms with Gasteiger partial charge in [0, 0.05) is 18.8 Å². The molecule has 0 radical (unpaired) electrons. The van der Waals surface area contributed by atoms with E-state index < -0.39 is 10.2 Å². The van der Waals surface area contributed by atoms with Crippen molar-refractivity contribution in [1.82, 2.24) is 4.31 Å². The van der Waals surface area contributed by atoms with Gasteiger partial charge in [-0.25, -0.2) is 0 Å². The standard InChI is InChI=1S/C12H19N3O2S/c13-10-11-6-8-15(9-7-11)18(16,17)14-12-4-2-1-3-5-12/h1-5,11,14H,6-10,13H2. The fourth-order valence-corrected chi connectivity index (χ4v) is 3.36. The molecule has 5 nitrogen and oxygen atoms in total. The third-order valence-corrected chi connectivity index (χ3v) is 4.81. The molecule has 1 aromatic rings. The van der Waals surface area contributed by atoms with E-state index in [4.69, 9.17) is 5.73 Å². The van der Waals surface area contributed by atoms with E-state index in [1.54, 1.807) is 24.3 Å². The second kappa shape index (κ2) is 5.69. The number of benzene rings is 1.